The van der Waals surface area contributed by atoms with Crippen LogP contribution in [0.4, 0.5) is 0 Å². The van der Waals surface area contributed by atoms with Gasteiger partial charge in [-0.3, -0.25) is 0 Å². The molecule has 0 aromatic heterocycles. The number of aliphatic hydroxyl groups is 2. The van der Waals surface area contributed by atoms with Crippen molar-refractivity contribution in [2.24, 2.45) is 0 Å². The van der Waals surface area contributed by atoms with Crippen molar-refractivity contribution in [3.8, 4) is 0 Å². The molecule has 0 saturated carbocycles. The molecule has 12 bridgehead atoms. The molecule has 88 heavy (non-hydrogen) atoms. The number of ether oxygens (including phenoxy) is 4. The monoisotopic (exact) mass is 1160 g/mol. The SMILES string of the molecule is COC1(c2c(C)cc(C)cc2C)c2ccc(cc2)C(O)c2ccc(cc2)C(OC)(c2c(C)cc(C)cc2C)c2ccc(cc2)C(OC)(c2c(C)cc(C)cc2C)c2ccc(cc2)C(O)c2ccc(cc2)C(OC)(c2c(C)cc(C)cc2C)c2ccc1cc2. The molecule has 6 heteroatoms. The first-order valence-corrected chi connectivity index (χ1v) is 30.7. The molecule has 0 saturated heterocycles. The zero-order valence-corrected chi connectivity index (χ0v) is 54.2. The van der Waals surface area contributed by atoms with Crippen LogP contribution < -0.4 is 0 Å². The van der Waals surface area contributed by atoms with Gasteiger partial charge >= 0.3 is 0 Å². The molecule has 10 aromatic carbocycles. The van der Waals surface area contributed by atoms with Gasteiger partial charge in [0.05, 0.1) is 0 Å². The summed E-state index contributed by atoms with van der Waals surface area (Å²) >= 11 is 0. The van der Waals surface area contributed by atoms with E-state index in [1.807, 2.05) is 48.5 Å². The Bertz CT molecular complexity index is 3580. The Kier molecular flexibility index (Phi) is 16.7. The van der Waals surface area contributed by atoms with Gasteiger partial charge in [0.2, 0.25) is 0 Å². The maximum absolute atomic E-state index is 12.5. The quantitative estimate of drug-likeness (QED) is 0.158. The predicted octanol–water partition coefficient (Wildman–Crippen LogP) is 17.6. The van der Waals surface area contributed by atoms with Crippen molar-refractivity contribution in [3.63, 3.8) is 0 Å². The van der Waals surface area contributed by atoms with Crippen LogP contribution in [0.2, 0.25) is 0 Å². The molecule has 6 nitrogen and oxygen atoms in total. The highest BCUT2D eigenvalue weighted by Crippen LogP contribution is 2.51. The summed E-state index contributed by atoms with van der Waals surface area (Å²) in [6, 6.07) is 68.3. The van der Waals surface area contributed by atoms with Crippen LogP contribution in [-0.4, -0.2) is 38.7 Å². The molecule has 0 heterocycles. The van der Waals surface area contributed by atoms with E-state index in [4.69, 9.17) is 18.9 Å². The van der Waals surface area contributed by atoms with Crippen molar-refractivity contribution in [2.45, 2.75) is 118 Å². The Hall–Kier alpha value is -8.04. The number of methoxy groups -OCH3 is 4. The van der Waals surface area contributed by atoms with Crippen molar-refractivity contribution in [3.05, 3.63) is 350 Å². The number of hydrogen-bond acceptors (Lipinski definition) is 6. The molecule has 0 spiro atoms. The third-order valence-corrected chi connectivity index (χ3v) is 19.3. The third-order valence-electron chi connectivity index (χ3n) is 19.3. The molecular weight excluding hydrogens is 1080 g/mol. The standard InChI is InChI=1S/C82H84O6/c1-49-41-53(5)73(54(6)42-49)79(85-13)65-25-17-61(18-26-65)77(83)62-19-29-67(30-20-62)81(87-15,75-57(9)45-51(3)46-58(75)10)71-37-39-72(40-38-71)82(88-16,76-59(11)47-52(4)48-60(76)12)68-31-23-64(24-32-68)78(84)63-21-27-66(28-22-63)80(86-14,70-35-33-69(79)34-36-70)74-55(7)43-50(2)44-56(74)8/h17-48,77-78,83-84H,1-16H3. The van der Waals surface area contributed by atoms with Gasteiger partial charge in [-0.2, -0.15) is 0 Å². The van der Waals surface area contributed by atoms with E-state index in [9.17, 15) is 10.2 Å². The lowest BCUT2D eigenvalue weighted by atomic mass is 9.73. The van der Waals surface area contributed by atoms with Crippen LogP contribution in [0.1, 0.15) is 168 Å². The number of hydrogen-bond donors (Lipinski definition) is 2. The van der Waals surface area contributed by atoms with Gasteiger partial charge in [0.25, 0.3) is 0 Å². The molecule has 0 radical (unpaired) electrons. The highest BCUT2D eigenvalue weighted by molar-refractivity contribution is 5.62. The van der Waals surface area contributed by atoms with Gasteiger partial charge < -0.3 is 29.2 Å². The van der Waals surface area contributed by atoms with Gasteiger partial charge in [0, 0.05) is 28.4 Å². The first kappa shape index (κ1) is 61.6. The molecule has 4 atom stereocenters. The lowest BCUT2D eigenvalue weighted by Gasteiger charge is -2.39. The summed E-state index contributed by atoms with van der Waals surface area (Å²) in [7, 11) is 7.17. The highest BCUT2D eigenvalue weighted by Gasteiger charge is 2.45. The maximum atomic E-state index is 12.5. The topological polar surface area (TPSA) is 77.4 Å². The van der Waals surface area contributed by atoms with E-state index in [2.05, 4.69) is 229 Å². The molecule has 4 unspecified atom stereocenters. The van der Waals surface area contributed by atoms with Crippen molar-refractivity contribution >= 4 is 0 Å². The van der Waals surface area contributed by atoms with Crippen LogP contribution in [0.5, 0.6) is 0 Å². The first-order chi connectivity index (χ1) is 42.1. The van der Waals surface area contributed by atoms with E-state index >= 15 is 0 Å². The molecule has 20 rings (SSSR count). The van der Waals surface area contributed by atoms with Gasteiger partial charge in [-0.1, -0.05) is 216 Å². The fourth-order valence-electron chi connectivity index (χ4n) is 16.0. The second-order valence-electron chi connectivity index (χ2n) is 25.1. The van der Waals surface area contributed by atoms with Crippen LogP contribution in [0.3, 0.4) is 0 Å². The summed E-state index contributed by atoms with van der Waals surface area (Å²) < 4.78 is 28.0. The summed E-state index contributed by atoms with van der Waals surface area (Å²) in [4.78, 5) is 0. The maximum Gasteiger partial charge on any atom is 0.143 e. The smallest absolute Gasteiger partial charge is 0.143 e. The normalized spacial score (nSPS) is 21.0. The molecule has 0 fully saturated rings. The average Bonchev–Trinajstić information content (AvgIpc) is 0.875. The van der Waals surface area contributed by atoms with Crippen LogP contribution in [0.25, 0.3) is 0 Å². The fraction of sp³-hybridized carbons (Fsp3) is 0.268. The Morgan fingerprint density at radius 2 is 0.352 bits per heavy atom. The van der Waals surface area contributed by atoms with Gasteiger partial charge in [-0.05, 0) is 217 Å². The van der Waals surface area contributed by atoms with Gasteiger partial charge in [0.1, 0.15) is 34.6 Å². The summed E-state index contributed by atoms with van der Waals surface area (Å²) in [5, 5.41) is 25.0. The van der Waals surface area contributed by atoms with Crippen LogP contribution in [0, 0.1) is 83.1 Å². The molecule has 10 aromatic rings. The van der Waals surface area contributed by atoms with Crippen LogP contribution in [-0.2, 0) is 41.4 Å². The van der Waals surface area contributed by atoms with Crippen LogP contribution in [0.15, 0.2) is 194 Å². The van der Waals surface area contributed by atoms with Crippen molar-refractivity contribution < 1.29 is 29.2 Å². The number of rotatable bonds is 8. The molecule has 448 valence electrons. The molecule has 0 aliphatic heterocycles. The Morgan fingerprint density at radius 3 is 0.477 bits per heavy atom. The van der Waals surface area contributed by atoms with E-state index < -0.39 is 34.6 Å². The second kappa shape index (κ2) is 23.8. The minimum Gasteiger partial charge on any atom is -0.384 e. The highest BCUT2D eigenvalue weighted by atomic mass is 16.5. The van der Waals surface area contributed by atoms with Gasteiger partial charge in [-0.15, -0.1) is 0 Å². The lowest BCUT2D eigenvalue weighted by molar-refractivity contribution is 0.0543. The molecule has 10 aliphatic carbocycles. The van der Waals surface area contributed by atoms with E-state index in [0.717, 1.165) is 134 Å². The Balaban J connectivity index is 1.16. The zero-order valence-electron chi connectivity index (χ0n) is 54.2. The van der Waals surface area contributed by atoms with Gasteiger partial charge in [0.15, 0.2) is 0 Å². The predicted molar refractivity (Wildman–Crippen MR) is 357 cm³/mol. The van der Waals surface area contributed by atoms with Crippen molar-refractivity contribution in [1.82, 2.24) is 0 Å². The van der Waals surface area contributed by atoms with Crippen molar-refractivity contribution in [2.75, 3.05) is 28.4 Å². The average molecular weight is 1170 g/mol. The number of aryl methyl sites for hydroxylation is 12. The number of benzene rings is 10. The van der Waals surface area contributed by atoms with E-state index in [1.54, 1.807) is 28.4 Å². The Labute approximate surface area is 522 Å². The molecule has 10 aliphatic rings. The summed E-state index contributed by atoms with van der Waals surface area (Å²) in [5.41, 5.74) is 23.9. The minimum atomic E-state index is -1.06. The molecule has 2 N–H and O–H groups in total. The lowest BCUT2D eigenvalue weighted by Crippen LogP contribution is -2.35. The summed E-state index contributed by atoms with van der Waals surface area (Å²) in [6.07, 6.45) is -1.89. The summed E-state index contributed by atoms with van der Waals surface area (Å²) in [6.45, 7) is 25.8. The third kappa shape index (κ3) is 9.90. The van der Waals surface area contributed by atoms with E-state index in [0.29, 0.717) is 0 Å². The van der Waals surface area contributed by atoms with E-state index in [1.165, 1.54) is 22.3 Å². The summed E-state index contributed by atoms with van der Waals surface area (Å²) in [5.74, 6) is 0. The zero-order chi connectivity index (χ0) is 62.8. The first-order valence-electron chi connectivity index (χ1n) is 30.7. The van der Waals surface area contributed by atoms with Crippen LogP contribution >= 0.6 is 0 Å². The fourth-order valence-corrected chi connectivity index (χ4v) is 16.0. The largest absolute Gasteiger partial charge is 0.384 e. The molecule has 0 amide bonds. The van der Waals surface area contributed by atoms with E-state index in [-0.39, 0.29) is 0 Å². The Morgan fingerprint density at radius 1 is 0.227 bits per heavy atom. The molecular formula is C82H84O6. The number of aliphatic hydroxyl groups excluding tert-OH is 2. The second-order valence-corrected chi connectivity index (χ2v) is 25.1. The minimum absolute atomic E-state index is 0.746. The van der Waals surface area contributed by atoms with Gasteiger partial charge in [-0.25, -0.2) is 0 Å². The van der Waals surface area contributed by atoms with Crippen molar-refractivity contribution in [1.29, 1.82) is 0 Å².